The molecule has 1 aromatic heterocycles. The minimum absolute atomic E-state index is 0.0336. The zero-order chi connectivity index (χ0) is 16.4. The lowest BCUT2D eigenvalue weighted by molar-refractivity contribution is -0.147. The number of piperidine rings is 1. The maximum atomic E-state index is 12.8. The molecule has 3 heterocycles. The normalized spacial score (nSPS) is 30.0. The Labute approximate surface area is 142 Å². The van der Waals surface area contributed by atoms with Crippen molar-refractivity contribution in [2.75, 3.05) is 32.9 Å². The summed E-state index contributed by atoms with van der Waals surface area (Å²) in [4.78, 5) is 22.8. The van der Waals surface area contributed by atoms with Gasteiger partial charge in [0.2, 0.25) is 0 Å². The molecule has 0 radical (unpaired) electrons. The van der Waals surface area contributed by atoms with Gasteiger partial charge in [-0.05, 0) is 38.0 Å². The average Bonchev–Trinajstić information content (AvgIpc) is 3.45. The molecule has 1 aromatic rings. The summed E-state index contributed by atoms with van der Waals surface area (Å²) in [7, 11) is 0. The summed E-state index contributed by atoms with van der Waals surface area (Å²) in [5, 5.41) is 0. The third-order valence-corrected chi connectivity index (χ3v) is 5.50. The highest BCUT2D eigenvalue weighted by atomic mass is 16.5. The van der Waals surface area contributed by atoms with Gasteiger partial charge in [-0.3, -0.25) is 9.78 Å². The minimum Gasteiger partial charge on any atom is -0.380 e. The number of nitrogens with zero attached hydrogens (tertiary/aromatic N) is 3. The number of ether oxygens (including phenoxy) is 2. The smallest absolute Gasteiger partial charge is 0.274 e. The maximum absolute atomic E-state index is 12.8. The van der Waals surface area contributed by atoms with Crippen LogP contribution in [-0.4, -0.2) is 59.8 Å². The summed E-state index contributed by atoms with van der Waals surface area (Å²) >= 11 is 0. The Morgan fingerprint density at radius 2 is 2.29 bits per heavy atom. The molecule has 2 atom stereocenters. The van der Waals surface area contributed by atoms with Crippen LogP contribution in [0.1, 0.15) is 42.6 Å². The Morgan fingerprint density at radius 1 is 1.38 bits per heavy atom. The fourth-order valence-electron chi connectivity index (χ4n) is 3.96. The number of carbonyl (C=O) groups excluding carboxylic acids is 1. The van der Waals surface area contributed by atoms with E-state index in [0.29, 0.717) is 25.4 Å². The molecule has 0 aromatic carbocycles. The number of rotatable bonds is 5. The van der Waals surface area contributed by atoms with E-state index in [1.807, 2.05) is 4.90 Å². The van der Waals surface area contributed by atoms with Crippen molar-refractivity contribution in [3.8, 4) is 0 Å². The van der Waals surface area contributed by atoms with Crippen LogP contribution in [0.4, 0.5) is 0 Å². The Kier molecular flexibility index (Phi) is 4.50. The molecule has 1 saturated carbocycles. The molecule has 6 nitrogen and oxygen atoms in total. The van der Waals surface area contributed by atoms with Crippen LogP contribution in [0.15, 0.2) is 18.6 Å². The van der Waals surface area contributed by atoms with Gasteiger partial charge in [-0.15, -0.1) is 0 Å². The second kappa shape index (κ2) is 6.76. The lowest BCUT2D eigenvalue weighted by Crippen LogP contribution is -2.58. The molecule has 1 aliphatic carbocycles. The first-order chi connectivity index (χ1) is 11.8. The second-order valence-corrected chi connectivity index (χ2v) is 7.39. The van der Waals surface area contributed by atoms with E-state index in [1.54, 1.807) is 18.6 Å². The summed E-state index contributed by atoms with van der Waals surface area (Å²) < 4.78 is 12.1. The molecular formula is C18H25N3O3. The van der Waals surface area contributed by atoms with Gasteiger partial charge >= 0.3 is 0 Å². The molecule has 0 spiro atoms. The van der Waals surface area contributed by atoms with Gasteiger partial charge in [0, 0.05) is 44.1 Å². The lowest BCUT2D eigenvalue weighted by Gasteiger charge is -2.50. The number of carbonyl (C=O) groups is 1. The summed E-state index contributed by atoms with van der Waals surface area (Å²) in [6, 6.07) is 0. The van der Waals surface area contributed by atoms with Crippen LogP contribution in [0.2, 0.25) is 0 Å². The number of amides is 1. The first-order valence-electron chi connectivity index (χ1n) is 9.01. The third kappa shape index (κ3) is 3.30. The molecule has 130 valence electrons. The quantitative estimate of drug-likeness (QED) is 0.825. The third-order valence-electron chi connectivity index (χ3n) is 5.50. The second-order valence-electron chi connectivity index (χ2n) is 7.39. The molecule has 3 aliphatic rings. The van der Waals surface area contributed by atoms with Gasteiger partial charge in [0.05, 0.1) is 18.9 Å². The van der Waals surface area contributed by atoms with E-state index in [2.05, 4.69) is 9.97 Å². The first-order valence-corrected chi connectivity index (χ1v) is 9.01. The largest absolute Gasteiger partial charge is 0.380 e. The maximum Gasteiger partial charge on any atom is 0.274 e. The van der Waals surface area contributed by atoms with Crippen LogP contribution in [0.3, 0.4) is 0 Å². The van der Waals surface area contributed by atoms with Crippen LogP contribution in [-0.2, 0) is 9.47 Å². The molecule has 24 heavy (non-hydrogen) atoms. The van der Waals surface area contributed by atoms with Gasteiger partial charge in [-0.25, -0.2) is 4.98 Å². The standard InChI is InChI=1S/C18H25N3O3/c22-17(15-10-19-6-7-20-15)21-8-4-16-18(12-21,5-1-9-24-16)13-23-11-14-2-3-14/h6-7,10,14,16H,1-5,8-9,11-13H2/t16-,18-/m1/s1. The van der Waals surface area contributed by atoms with E-state index in [0.717, 1.165) is 38.4 Å². The van der Waals surface area contributed by atoms with E-state index in [-0.39, 0.29) is 17.4 Å². The van der Waals surface area contributed by atoms with Gasteiger partial charge in [-0.1, -0.05) is 0 Å². The molecule has 1 amide bonds. The number of fused-ring (bicyclic) bond motifs is 1. The van der Waals surface area contributed by atoms with Gasteiger partial charge in [-0.2, -0.15) is 0 Å². The monoisotopic (exact) mass is 331 g/mol. The fraction of sp³-hybridized carbons (Fsp3) is 0.722. The fourth-order valence-corrected chi connectivity index (χ4v) is 3.96. The van der Waals surface area contributed by atoms with E-state index in [4.69, 9.17) is 9.47 Å². The highest BCUT2D eigenvalue weighted by Crippen LogP contribution is 2.41. The first kappa shape index (κ1) is 16.0. The molecular weight excluding hydrogens is 306 g/mol. The van der Waals surface area contributed by atoms with Gasteiger partial charge < -0.3 is 14.4 Å². The highest BCUT2D eigenvalue weighted by molar-refractivity contribution is 5.92. The Balaban J connectivity index is 1.46. The number of hydrogen-bond acceptors (Lipinski definition) is 5. The Bertz CT molecular complexity index is 578. The number of likely N-dealkylation sites (tertiary alicyclic amines) is 1. The topological polar surface area (TPSA) is 64.6 Å². The predicted octanol–water partition coefficient (Wildman–Crippen LogP) is 1.91. The van der Waals surface area contributed by atoms with Crippen LogP contribution in [0.25, 0.3) is 0 Å². The molecule has 2 aliphatic heterocycles. The summed E-state index contributed by atoms with van der Waals surface area (Å²) in [6.45, 7) is 3.78. The molecule has 0 unspecified atom stereocenters. The zero-order valence-corrected chi connectivity index (χ0v) is 14.0. The number of aromatic nitrogens is 2. The molecule has 4 rings (SSSR count). The van der Waals surface area contributed by atoms with Crippen molar-refractivity contribution >= 4 is 5.91 Å². The van der Waals surface area contributed by atoms with Crippen molar-refractivity contribution in [1.29, 1.82) is 0 Å². The number of hydrogen-bond donors (Lipinski definition) is 0. The van der Waals surface area contributed by atoms with Crippen LogP contribution in [0.5, 0.6) is 0 Å². The van der Waals surface area contributed by atoms with E-state index in [1.165, 1.54) is 12.8 Å². The van der Waals surface area contributed by atoms with Crippen LogP contribution >= 0.6 is 0 Å². The van der Waals surface area contributed by atoms with Gasteiger partial charge in [0.15, 0.2) is 0 Å². The van der Waals surface area contributed by atoms with Crippen molar-refractivity contribution < 1.29 is 14.3 Å². The highest BCUT2D eigenvalue weighted by Gasteiger charge is 2.47. The van der Waals surface area contributed by atoms with Crippen molar-refractivity contribution in [3.05, 3.63) is 24.3 Å². The minimum atomic E-state index is -0.0662. The van der Waals surface area contributed by atoms with E-state index in [9.17, 15) is 4.79 Å². The Hall–Kier alpha value is -1.53. The summed E-state index contributed by atoms with van der Waals surface area (Å²) in [6.07, 6.45) is 10.5. The Morgan fingerprint density at radius 3 is 3.08 bits per heavy atom. The predicted molar refractivity (Wildman–Crippen MR) is 87.5 cm³/mol. The molecule has 0 bridgehead atoms. The molecule has 3 fully saturated rings. The van der Waals surface area contributed by atoms with E-state index < -0.39 is 0 Å². The van der Waals surface area contributed by atoms with Crippen molar-refractivity contribution in [3.63, 3.8) is 0 Å². The van der Waals surface area contributed by atoms with Crippen molar-refractivity contribution in [1.82, 2.24) is 14.9 Å². The zero-order valence-electron chi connectivity index (χ0n) is 14.0. The van der Waals surface area contributed by atoms with Crippen molar-refractivity contribution in [2.24, 2.45) is 11.3 Å². The molecule has 6 heteroatoms. The van der Waals surface area contributed by atoms with Crippen LogP contribution < -0.4 is 0 Å². The van der Waals surface area contributed by atoms with Crippen LogP contribution in [0, 0.1) is 11.3 Å². The molecule has 0 N–H and O–H groups in total. The lowest BCUT2D eigenvalue weighted by atomic mass is 9.73. The van der Waals surface area contributed by atoms with Crippen molar-refractivity contribution in [2.45, 2.75) is 38.2 Å². The SMILES string of the molecule is O=C(c1cnccn1)N1CC[C@H]2OCCC[C@]2(COCC2CC2)C1. The summed E-state index contributed by atoms with van der Waals surface area (Å²) in [5.74, 6) is 0.721. The summed E-state index contributed by atoms with van der Waals surface area (Å²) in [5.41, 5.74) is 0.352. The average molecular weight is 331 g/mol. The van der Waals surface area contributed by atoms with Gasteiger partial charge in [0.25, 0.3) is 5.91 Å². The molecule has 2 saturated heterocycles. The van der Waals surface area contributed by atoms with Gasteiger partial charge in [0.1, 0.15) is 5.69 Å². The van der Waals surface area contributed by atoms with E-state index >= 15 is 0 Å².